The molecule has 128 valence electrons. The molecule has 5 nitrogen and oxygen atoms in total. The van der Waals surface area contributed by atoms with Gasteiger partial charge in [-0.2, -0.15) is 0 Å². The molecule has 0 aliphatic carbocycles. The van der Waals surface area contributed by atoms with Crippen molar-refractivity contribution in [2.45, 2.75) is 77.0 Å². The molecule has 0 saturated heterocycles. The van der Waals surface area contributed by atoms with Crippen molar-refractivity contribution in [1.29, 1.82) is 0 Å². The van der Waals surface area contributed by atoms with Gasteiger partial charge in [0.25, 0.3) is 0 Å². The van der Waals surface area contributed by atoms with Gasteiger partial charge in [-0.25, -0.2) is 0 Å². The summed E-state index contributed by atoms with van der Waals surface area (Å²) in [4.78, 5) is 19.1. The van der Waals surface area contributed by atoms with E-state index in [0.717, 1.165) is 25.7 Å². The Kier molecular flexibility index (Phi) is 9.23. The number of ether oxygens (including phenoxy) is 2. The van der Waals surface area contributed by atoms with Crippen LogP contribution in [0.15, 0.2) is 0 Å². The van der Waals surface area contributed by atoms with Crippen molar-refractivity contribution in [3.8, 4) is 0 Å². The van der Waals surface area contributed by atoms with Gasteiger partial charge in [-0.05, 0) is 46.0 Å². The summed E-state index contributed by atoms with van der Waals surface area (Å²) in [6.45, 7) is 9.02. The highest BCUT2D eigenvalue weighted by molar-refractivity contribution is 6.57. The predicted octanol–water partition coefficient (Wildman–Crippen LogP) is 2.73. The molecular formula is C15H34O5Si. The fourth-order valence-electron chi connectivity index (χ4n) is 2.08. The minimum Gasteiger partial charge on any atom is -0.390 e. The molecule has 0 aromatic carbocycles. The van der Waals surface area contributed by atoms with Gasteiger partial charge in [0.1, 0.15) is 0 Å². The molecule has 0 saturated carbocycles. The van der Waals surface area contributed by atoms with Crippen LogP contribution in [0, 0.1) is 0 Å². The first kappa shape index (κ1) is 21.0. The second-order valence-corrected chi connectivity index (χ2v) is 8.60. The van der Waals surface area contributed by atoms with Crippen molar-refractivity contribution < 1.29 is 23.5 Å². The molecule has 0 fully saturated rings. The Balaban J connectivity index is 4.22. The molecule has 21 heavy (non-hydrogen) atoms. The Morgan fingerprint density at radius 3 is 1.95 bits per heavy atom. The Morgan fingerprint density at radius 1 is 0.952 bits per heavy atom. The molecule has 6 heteroatoms. The Bertz CT molecular complexity index is 281. The van der Waals surface area contributed by atoms with E-state index in [0.29, 0.717) is 19.1 Å². The van der Waals surface area contributed by atoms with E-state index in [1.807, 2.05) is 0 Å². The van der Waals surface area contributed by atoms with Gasteiger partial charge in [0.2, 0.25) is 0 Å². The summed E-state index contributed by atoms with van der Waals surface area (Å²) in [5, 5.41) is 0. The first-order chi connectivity index (χ1) is 9.66. The fraction of sp³-hybridized carbons (Fsp3) is 1.00. The number of hydrogen-bond acceptors (Lipinski definition) is 5. The monoisotopic (exact) mass is 322 g/mol. The molecule has 2 unspecified atom stereocenters. The van der Waals surface area contributed by atoms with E-state index in [1.54, 1.807) is 7.11 Å². The maximum Gasteiger partial charge on any atom is 0.495 e. The van der Waals surface area contributed by atoms with Crippen LogP contribution in [0.2, 0.25) is 6.04 Å². The number of methoxy groups -OCH3 is 1. The lowest BCUT2D eigenvalue weighted by molar-refractivity contribution is -0.0782. The summed E-state index contributed by atoms with van der Waals surface area (Å²) >= 11 is 0. The molecule has 0 aliphatic rings. The molecular weight excluding hydrogens is 288 g/mol. The van der Waals surface area contributed by atoms with E-state index in [-0.39, 0.29) is 11.2 Å². The summed E-state index contributed by atoms with van der Waals surface area (Å²) in [5.74, 6) is 0. The largest absolute Gasteiger partial charge is 0.495 e. The Morgan fingerprint density at radius 2 is 1.52 bits per heavy atom. The van der Waals surface area contributed by atoms with Crippen LogP contribution >= 0.6 is 0 Å². The average Bonchev–Trinajstić information content (AvgIpc) is 2.46. The smallest absolute Gasteiger partial charge is 0.390 e. The van der Waals surface area contributed by atoms with Crippen LogP contribution in [0.4, 0.5) is 0 Å². The van der Waals surface area contributed by atoms with Gasteiger partial charge >= 0.3 is 8.80 Å². The van der Waals surface area contributed by atoms with Crippen molar-refractivity contribution in [2.75, 3.05) is 20.8 Å². The summed E-state index contributed by atoms with van der Waals surface area (Å²) in [7, 11) is -0.357. The maximum atomic E-state index is 9.55. The zero-order chi connectivity index (χ0) is 16.6. The SMILES string of the molecule is CCC(C)(CCOC(C)(CC)CCC[Si](O)(O)OC)OC. The maximum absolute atomic E-state index is 9.55. The summed E-state index contributed by atoms with van der Waals surface area (Å²) in [6, 6.07) is 0.313. The fourth-order valence-corrected chi connectivity index (χ4v) is 2.92. The Labute approximate surface area is 131 Å². The lowest BCUT2D eigenvalue weighted by Crippen LogP contribution is -2.38. The van der Waals surface area contributed by atoms with Crippen LogP contribution in [-0.2, 0) is 13.9 Å². The molecule has 0 bridgehead atoms. The van der Waals surface area contributed by atoms with Gasteiger partial charge < -0.3 is 23.5 Å². The van der Waals surface area contributed by atoms with E-state index < -0.39 is 8.80 Å². The predicted molar refractivity (Wildman–Crippen MR) is 86.2 cm³/mol. The van der Waals surface area contributed by atoms with Gasteiger partial charge in [-0.3, -0.25) is 0 Å². The van der Waals surface area contributed by atoms with E-state index >= 15 is 0 Å². The second-order valence-electron chi connectivity index (χ2n) is 6.21. The third-order valence-corrected chi connectivity index (χ3v) is 6.26. The molecule has 0 heterocycles. The normalized spacial score (nSPS) is 18.3. The highest BCUT2D eigenvalue weighted by Gasteiger charge is 2.32. The van der Waals surface area contributed by atoms with Crippen LogP contribution in [0.5, 0.6) is 0 Å². The average molecular weight is 323 g/mol. The van der Waals surface area contributed by atoms with Gasteiger partial charge in [0.15, 0.2) is 0 Å². The molecule has 2 atom stereocenters. The van der Waals surface area contributed by atoms with Crippen LogP contribution < -0.4 is 0 Å². The zero-order valence-electron chi connectivity index (χ0n) is 14.6. The topological polar surface area (TPSA) is 68.2 Å². The molecule has 0 amide bonds. The highest BCUT2D eigenvalue weighted by atomic mass is 28.4. The van der Waals surface area contributed by atoms with E-state index in [9.17, 15) is 9.59 Å². The molecule has 0 aromatic heterocycles. The third-order valence-electron chi connectivity index (χ3n) is 4.60. The molecule has 0 aromatic rings. The van der Waals surface area contributed by atoms with Crippen molar-refractivity contribution in [1.82, 2.24) is 0 Å². The summed E-state index contributed by atoms with van der Waals surface area (Å²) in [5.41, 5.74) is -0.371. The van der Waals surface area contributed by atoms with Gasteiger partial charge in [-0.15, -0.1) is 0 Å². The Hall–Kier alpha value is 0.0169. The van der Waals surface area contributed by atoms with Crippen LogP contribution in [0.1, 0.15) is 59.8 Å². The standard InChI is InChI=1S/C15H34O5Si/c1-7-14(3,18-5)11-12-20-15(4,8-2)10-9-13-21(16,17)19-6/h16-17H,7-13H2,1-6H3. The summed E-state index contributed by atoms with van der Waals surface area (Å²) in [6.07, 6.45) is 4.17. The third kappa shape index (κ3) is 8.28. The van der Waals surface area contributed by atoms with Crippen LogP contribution in [0.25, 0.3) is 0 Å². The zero-order valence-corrected chi connectivity index (χ0v) is 15.6. The minimum atomic E-state index is -3.44. The first-order valence-electron chi connectivity index (χ1n) is 7.85. The van der Waals surface area contributed by atoms with Crippen molar-refractivity contribution >= 4 is 8.80 Å². The lowest BCUT2D eigenvalue weighted by Gasteiger charge is -2.32. The quantitative estimate of drug-likeness (QED) is 0.541. The summed E-state index contributed by atoms with van der Waals surface area (Å²) < 4.78 is 16.3. The van der Waals surface area contributed by atoms with Crippen molar-refractivity contribution in [3.63, 3.8) is 0 Å². The van der Waals surface area contributed by atoms with Gasteiger partial charge in [0.05, 0.1) is 17.8 Å². The highest BCUT2D eigenvalue weighted by Crippen LogP contribution is 2.26. The van der Waals surface area contributed by atoms with Crippen LogP contribution in [0.3, 0.4) is 0 Å². The minimum absolute atomic E-state index is 0.136. The number of hydrogen-bond donors (Lipinski definition) is 2. The van der Waals surface area contributed by atoms with Crippen LogP contribution in [-0.4, -0.2) is 50.4 Å². The molecule has 2 N–H and O–H groups in total. The molecule has 0 aliphatic heterocycles. The van der Waals surface area contributed by atoms with Crippen molar-refractivity contribution in [2.24, 2.45) is 0 Å². The van der Waals surface area contributed by atoms with E-state index in [4.69, 9.17) is 13.9 Å². The van der Waals surface area contributed by atoms with E-state index in [1.165, 1.54) is 7.11 Å². The second kappa shape index (κ2) is 9.22. The molecule has 0 radical (unpaired) electrons. The van der Waals surface area contributed by atoms with Crippen molar-refractivity contribution in [3.05, 3.63) is 0 Å². The van der Waals surface area contributed by atoms with Gasteiger partial charge in [0, 0.05) is 20.3 Å². The molecule has 0 rings (SSSR count). The van der Waals surface area contributed by atoms with E-state index in [2.05, 4.69) is 27.7 Å². The molecule has 0 spiro atoms. The lowest BCUT2D eigenvalue weighted by atomic mass is 9.96. The number of rotatable bonds is 12. The first-order valence-corrected chi connectivity index (χ1v) is 9.86. The van der Waals surface area contributed by atoms with Gasteiger partial charge in [-0.1, -0.05) is 13.8 Å².